The van der Waals surface area contributed by atoms with Crippen molar-refractivity contribution in [2.45, 2.75) is 71.9 Å². The fraction of sp³-hybridized carbons (Fsp3) is 0.783. The van der Waals surface area contributed by atoms with E-state index in [-0.39, 0.29) is 36.9 Å². The van der Waals surface area contributed by atoms with Gasteiger partial charge in [0.2, 0.25) is 11.8 Å². The zero-order valence-electron chi connectivity index (χ0n) is 18.8. The van der Waals surface area contributed by atoms with E-state index in [1.165, 1.54) is 0 Å². The molecule has 7 nitrogen and oxygen atoms in total. The molecule has 30 heavy (non-hydrogen) atoms. The van der Waals surface area contributed by atoms with Crippen molar-refractivity contribution < 1.29 is 24.2 Å². The monoisotopic (exact) mass is 422 g/mol. The average molecular weight is 423 g/mol. The summed E-state index contributed by atoms with van der Waals surface area (Å²) in [7, 11) is 0. The predicted molar refractivity (Wildman–Crippen MR) is 114 cm³/mol. The molecule has 1 aliphatic carbocycles. The average Bonchev–Trinajstić information content (AvgIpc) is 3.04. The summed E-state index contributed by atoms with van der Waals surface area (Å²) in [5.74, 6) is -2.55. The SMILES string of the molecule is CCCCCNC(=O)[C@@H]1[C@H]2C=C[C@@H](CC)[C@@H](C(=O)OCC)[C@H]2C(=O)N1[C@@H](CC)CO. The highest BCUT2D eigenvalue weighted by Gasteiger charge is 2.58. The Balaban J connectivity index is 2.39. The fourth-order valence-electron chi connectivity index (χ4n) is 4.89. The van der Waals surface area contributed by atoms with E-state index in [0.717, 1.165) is 19.3 Å². The molecule has 1 heterocycles. The van der Waals surface area contributed by atoms with Crippen molar-refractivity contribution >= 4 is 17.8 Å². The molecule has 2 aliphatic rings. The number of allylic oxidation sites excluding steroid dienone is 1. The number of amides is 2. The number of unbranched alkanes of at least 4 members (excludes halogenated alkanes) is 2. The van der Waals surface area contributed by atoms with Gasteiger partial charge in [0.1, 0.15) is 6.04 Å². The van der Waals surface area contributed by atoms with Gasteiger partial charge in [-0.1, -0.05) is 45.8 Å². The maximum Gasteiger partial charge on any atom is 0.310 e. The predicted octanol–water partition coefficient (Wildman–Crippen LogP) is 2.28. The smallest absolute Gasteiger partial charge is 0.310 e. The quantitative estimate of drug-likeness (QED) is 0.303. The lowest BCUT2D eigenvalue weighted by atomic mass is 9.69. The number of aliphatic hydroxyl groups is 1. The first-order chi connectivity index (χ1) is 14.5. The molecule has 1 saturated heterocycles. The zero-order valence-corrected chi connectivity index (χ0v) is 18.8. The lowest BCUT2D eigenvalue weighted by Crippen LogP contribution is -2.52. The molecule has 2 N–H and O–H groups in total. The summed E-state index contributed by atoms with van der Waals surface area (Å²) >= 11 is 0. The minimum absolute atomic E-state index is 0.100. The Hall–Kier alpha value is -1.89. The zero-order chi connectivity index (χ0) is 22.3. The number of fused-ring (bicyclic) bond motifs is 1. The molecule has 0 aromatic heterocycles. The number of carbonyl (C=O) groups excluding carboxylic acids is 3. The normalized spacial score (nSPS) is 28.9. The molecular formula is C23H38N2O5. The topological polar surface area (TPSA) is 95.9 Å². The van der Waals surface area contributed by atoms with Crippen LogP contribution in [0.4, 0.5) is 0 Å². The molecule has 7 heteroatoms. The van der Waals surface area contributed by atoms with Crippen molar-refractivity contribution in [3.8, 4) is 0 Å². The number of rotatable bonds is 11. The second kappa shape index (κ2) is 11.5. The molecule has 0 spiro atoms. The van der Waals surface area contributed by atoms with Crippen molar-refractivity contribution in [1.29, 1.82) is 0 Å². The molecular weight excluding hydrogens is 384 g/mol. The number of carbonyl (C=O) groups is 3. The van der Waals surface area contributed by atoms with Crippen LogP contribution in [0.2, 0.25) is 0 Å². The number of ether oxygens (including phenoxy) is 1. The minimum Gasteiger partial charge on any atom is -0.466 e. The molecule has 6 atom stereocenters. The van der Waals surface area contributed by atoms with E-state index >= 15 is 0 Å². The Morgan fingerprint density at radius 3 is 2.50 bits per heavy atom. The molecule has 0 bridgehead atoms. The number of aliphatic hydroxyl groups excluding tert-OH is 1. The minimum atomic E-state index is -0.716. The number of likely N-dealkylation sites (tertiary alicyclic amines) is 1. The fourth-order valence-corrected chi connectivity index (χ4v) is 4.89. The Morgan fingerprint density at radius 2 is 1.93 bits per heavy atom. The Labute approximate surface area is 180 Å². The van der Waals surface area contributed by atoms with E-state index in [0.29, 0.717) is 19.4 Å². The number of hydrogen-bond acceptors (Lipinski definition) is 5. The third-order valence-corrected chi connectivity index (χ3v) is 6.50. The van der Waals surface area contributed by atoms with Crippen LogP contribution >= 0.6 is 0 Å². The summed E-state index contributed by atoms with van der Waals surface area (Å²) in [6, 6.07) is -1.17. The van der Waals surface area contributed by atoms with Gasteiger partial charge in [0.05, 0.1) is 31.1 Å². The van der Waals surface area contributed by atoms with Crippen molar-refractivity contribution in [2.24, 2.45) is 23.7 Å². The standard InChI is InChI=1S/C23H38N2O5/c1-5-9-10-13-24-21(27)20-17-12-11-15(6-2)18(23(29)30-8-4)19(17)22(28)25(20)16(7-3)14-26/h11-12,15-20,26H,5-10,13-14H2,1-4H3,(H,24,27)/t15-,16+,17+,18-,19+,20+/m1/s1. The first-order valence-corrected chi connectivity index (χ1v) is 11.5. The first kappa shape index (κ1) is 24.4. The highest BCUT2D eigenvalue weighted by Crippen LogP contribution is 2.46. The summed E-state index contributed by atoms with van der Waals surface area (Å²) in [4.78, 5) is 41.1. The maximum absolute atomic E-state index is 13.6. The van der Waals surface area contributed by atoms with Crippen molar-refractivity contribution in [2.75, 3.05) is 19.8 Å². The number of hydrogen-bond donors (Lipinski definition) is 2. The maximum atomic E-state index is 13.6. The van der Waals surface area contributed by atoms with Crippen LogP contribution in [0.5, 0.6) is 0 Å². The third kappa shape index (κ3) is 4.88. The Bertz CT molecular complexity index is 631. The highest BCUT2D eigenvalue weighted by molar-refractivity contribution is 5.96. The van der Waals surface area contributed by atoms with Crippen LogP contribution in [0.15, 0.2) is 12.2 Å². The summed E-state index contributed by atoms with van der Waals surface area (Å²) in [5.41, 5.74) is 0. The van der Waals surface area contributed by atoms with Crippen molar-refractivity contribution in [3.63, 3.8) is 0 Å². The van der Waals surface area contributed by atoms with E-state index in [1.807, 2.05) is 26.0 Å². The first-order valence-electron chi connectivity index (χ1n) is 11.5. The summed E-state index contributed by atoms with van der Waals surface area (Å²) in [6.45, 7) is 8.32. The van der Waals surface area contributed by atoms with E-state index < -0.39 is 29.8 Å². The molecule has 170 valence electrons. The molecule has 1 fully saturated rings. The summed E-state index contributed by atoms with van der Waals surface area (Å²) in [5, 5.41) is 12.9. The van der Waals surface area contributed by atoms with Gasteiger partial charge in [-0.25, -0.2) is 0 Å². The summed E-state index contributed by atoms with van der Waals surface area (Å²) < 4.78 is 5.31. The second-order valence-electron chi connectivity index (χ2n) is 8.27. The molecule has 2 rings (SSSR count). The van der Waals surface area contributed by atoms with Crippen LogP contribution in [0, 0.1) is 23.7 Å². The molecule has 0 saturated carbocycles. The number of nitrogens with one attached hydrogen (secondary N) is 1. The van der Waals surface area contributed by atoms with Gasteiger partial charge in [-0.3, -0.25) is 14.4 Å². The molecule has 2 amide bonds. The Morgan fingerprint density at radius 1 is 1.20 bits per heavy atom. The van der Waals surface area contributed by atoms with Gasteiger partial charge >= 0.3 is 5.97 Å². The summed E-state index contributed by atoms with van der Waals surface area (Å²) in [6.07, 6.45) is 8.11. The van der Waals surface area contributed by atoms with Crippen LogP contribution in [0.3, 0.4) is 0 Å². The van der Waals surface area contributed by atoms with Gasteiger partial charge in [-0.05, 0) is 32.1 Å². The largest absolute Gasteiger partial charge is 0.466 e. The van der Waals surface area contributed by atoms with Crippen LogP contribution in [-0.2, 0) is 19.1 Å². The van der Waals surface area contributed by atoms with E-state index in [2.05, 4.69) is 12.2 Å². The van der Waals surface area contributed by atoms with Crippen molar-refractivity contribution in [3.05, 3.63) is 12.2 Å². The van der Waals surface area contributed by atoms with Crippen LogP contribution in [0.25, 0.3) is 0 Å². The van der Waals surface area contributed by atoms with E-state index in [1.54, 1.807) is 11.8 Å². The molecule has 1 aliphatic heterocycles. The van der Waals surface area contributed by atoms with Crippen molar-refractivity contribution in [1.82, 2.24) is 10.2 Å². The van der Waals surface area contributed by atoms with Crippen LogP contribution in [-0.4, -0.2) is 59.6 Å². The lowest BCUT2D eigenvalue weighted by molar-refractivity contribution is -0.156. The second-order valence-corrected chi connectivity index (χ2v) is 8.27. The van der Waals surface area contributed by atoms with Gasteiger partial charge in [0.25, 0.3) is 0 Å². The molecule has 0 aromatic rings. The van der Waals surface area contributed by atoms with E-state index in [9.17, 15) is 19.5 Å². The molecule has 0 aromatic carbocycles. The van der Waals surface area contributed by atoms with Gasteiger partial charge in [0.15, 0.2) is 0 Å². The van der Waals surface area contributed by atoms with Crippen LogP contribution in [0.1, 0.15) is 59.8 Å². The van der Waals surface area contributed by atoms with Gasteiger partial charge < -0.3 is 20.1 Å². The highest BCUT2D eigenvalue weighted by atomic mass is 16.5. The van der Waals surface area contributed by atoms with Gasteiger partial charge in [0, 0.05) is 12.5 Å². The lowest BCUT2D eigenvalue weighted by Gasteiger charge is -2.33. The molecule has 0 unspecified atom stereocenters. The van der Waals surface area contributed by atoms with Gasteiger partial charge in [-0.15, -0.1) is 0 Å². The van der Waals surface area contributed by atoms with Crippen LogP contribution < -0.4 is 5.32 Å². The number of esters is 1. The Kier molecular flexibility index (Phi) is 9.34. The van der Waals surface area contributed by atoms with E-state index in [4.69, 9.17) is 4.74 Å². The third-order valence-electron chi connectivity index (χ3n) is 6.50. The number of nitrogens with zero attached hydrogens (tertiary/aromatic N) is 1. The molecule has 0 radical (unpaired) electrons. The van der Waals surface area contributed by atoms with Gasteiger partial charge in [-0.2, -0.15) is 0 Å².